The number of benzene rings is 2. The fraction of sp³-hybridized carbons (Fsp3) is 0.292. The van der Waals surface area contributed by atoms with Gasteiger partial charge in [0.1, 0.15) is 12.4 Å². The first kappa shape index (κ1) is 18.2. The molecule has 7 heteroatoms. The van der Waals surface area contributed by atoms with E-state index in [2.05, 4.69) is 17.3 Å². The van der Waals surface area contributed by atoms with Gasteiger partial charge in [0, 0.05) is 0 Å². The van der Waals surface area contributed by atoms with E-state index in [1.54, 1.807) is 6.21 Å². The van der Waals surface area contributed by atoms with Crippen LogP contribution in [0.25, 0.3) is 0 Å². The van der Waals surface area contributed by atoms with Crippen LogP contribution in [0.2, 0.25) is 0 Å². The molecule has 0 spiro atoms. The molecule has 2 aromatic rings. The SMILES string of the molecule is O=C1C2C3C=CC(C3)C2C(=O)N1N=Cc1ccc(OCc2ccc3c(c2)OCO3)cc1. The topological polar surface area (TPSA) is 77.4 Å². The van der Waals surface area contributed by atoms with Crippen molar-refractivity contribution in [2.45, 2.75) is 13.0 Å². The highest BCUT2D eigenvalue weighted by Crippen LogP contribution is 2.52. The Bertz CT molecular complexity index is 1090. The van der Waals surface area contributed by atoms with Crippen molar-refractivity contribution in [3.05, 3.63) is 65.7 Å². The molecule has 0 N–H and O–H groups in total. The molecule has 6 rings (SSSR count). The average molecular weight is 416 g/mol. The highest BCUT2D eigenvalue weighted by Gasteiger charge is 2.59. The summed E-state index contributed by atoms with van der Waals surface area (Å²) < 4.78 is 16.5. The number of hydrazone groups is 1. The molecule has 0 radical (unpaired) electrons. The summed E-state index contributed by atoms with van der Waals surface area (Å²) in [5, 5.41) is 5.27. The summed E-state index contributed by atoms with van der Waals surface area (Å²) in [6.07, 6.45) is 6.62. The molecule has 2 aromatic carbocycles. The van der Waals surface area contributed by atoms with Gasteiger partial charge in [-0.25, -0.2) is 0 Å². The zero-order valence-electron chi connectivity index (χ0n) is 16.6. The first-order valence-corrected chi connectivity index (χ1v) is 10.4. The van der Waals surface area contributed by atoms with E-state index in [0.717, 1.165) is 34.1 Å². The number of hydrogen-bond acceptors (Lipinski definition) is 6. The molecule has 2 bridgehead atoms. The maximum Gasteiger partial charge on any atom is 0.254 e. The standard InChI is InChI=1S/C24H20N2O5/c27-23-21-16-4-5-17(10-16)22(21)24(28)26(23)25-11-14-1-6-18(7-2-14)29-12-15-3-8-19-20(9-15)31-13-30-19/h1-9,11,16-17,21-22H,10,12-13H2. The van der Waals surface area contributed by atoms with Crippen LogP contribution in [-0.2, 0) is 16.2 Å². The zero-order chi connectivity index (χ0) is 20.9. The maximum atomic E-state index is 12.7. The molecule has 31 heavy (non-hydrogen) atoms. The second-order valence-electron chi connectivity index (χ2n) is 8.28. The lowest BCUT2D eigenvalue weighted by Gasteiger charge is -2.13. The summed E-state index contributed by atoms with van der Waals surface area (Å²) in [7, 11) is 0. The molecule has 4 unspecified atom stereocenters. The molecule has 1 saturated heterocycles. The Kier molecular flexibility index (Phi) is 4.09. The Morgan fingerprint density at radius 1 is 0.968 bits per heavy atom. The lowest BCUT2D eigenvalue weighted by molar-refractivity contribution is -0.140. The number of nitrogens with zero attached hydrogens (tertiary/aromatic N) is 2. The Morgan fingerprint density at radius 2 is 1.68 bits per heavy atom. The van der Waals surface area contributed by atoms with Crippen LogP contribution in [0.4, 0.5) is 0 Å². The van der Waals surface area contributed by atoms with Gasteiger partial charge in [0.05, 0.1) is 18.1 Å². The first-order chi connectivity index (χ1) is 15.2. The third-order valence-corrected chi connectivity index (χ3v) is 6.49. The number of ether oxygens (including phenoxy) is 3. The fourth-order valence-corrected chi connectivity index (χ4v) is 4.97. The van der Waals surface area contributed by atoms with Gasteiger partial charge in [-0.2, -0.15) is 10.1 Å². The summed E-state index contributed by atoms with van der Waals surface area (Å²) in [5.41, 5.74) is 1.77. The van der Waals surface area contributed by atoms with Crippen LogP contribution in [0.5, 0.6) is 17.2 Å². The number of carbonyl (C=O) groups is 2. The minimum absolute atomic E-state index is 0.174. The molecule has 1 saturated carbocycles. The Morgan fingerprint density at radius 3 is 2.42 bits per heavy atom. The number of fused-ring (bicyclic) bond motifs is 6. The van der Waals surface area contributed by atoms with Crippen LogP contribution >= 0.6 is 0 Å². The molecular formula is C24H20N2O5. The number of carbonyl (C=O) groups excluding carboxylic acids is 2. The predicted molar refractivity (Wildman–Crippen MR) is 111 cm³/mol. The molecule has 4 atom stereocenters. The molecule has 156 valence electrons. The quantitative estimate of drug-likeness (QED) is 0.425. The largest absolute Gasteiger partial charge is 0.489 e. The van der Waals surface area contributed by atoms with Gasteiger partial charge in [-0.05, 0) is 65.8 Å². The van der Waals surface area contributed by atoms with E-state index >= 15 is 0 Å². The van der Waals surface area contributed by atoms with Crippen LogP contribution < -0.4 is 14.2 Å². The number of allylic oxidation sites excluding steroid dienone is 2. The van der Waals surface area contributed by atoms with Gasteiger partial charge >= 0.3 is 0 Å². The molecule has 0 aromatic heterocycles. The third-order valence-electron chi connectivity index (χ3n) is 6.49. The van der Waals surface area contributed by atoms with Crippen LogP contribution in [0.3, 0.4) is 0 Å². The van der Waals surface area contributed by atoms with Crippen molar-refractivity contribution in [2.24, 2.45) is 28.8 Å². The fourth-order valence-electron chi connectivity index (χ4n) is 4.97. The predicted octanol–water partition coefficient (Wildman–Crippen LogP) is 3.14. The van der Waals surface area contributed by atoms with Crippen molar-refractivity contribution in [2.75, 3.05) is 6.79 Å². The summed E-state index contributed by atoms with van der Waals surface area (Å²) >= 11 is 0. The number of amides is 2. The van der Waals surface area contributed by atoms with Crippen molar-refractivity contribution in [3.8, 4) is 17.2 Å². The summed E-state index contributed by atoms with van der Waals surface area (Å²) in [4.78, 5) is 25.3. The number of imide groups is 1. The Balaban J connectivity index is 1.09. The molecule has 2 fully saturated rings. The molecule has 4 aliphatic rings. The van der Waals surface area contributed by atoms with Crippen molar-refractivity contribution in [1.82, 2.24) is 5.01 Å². The van der Waals surface area contributed by atoms with E-state index in [0.29, 0.717) is 12.4 Å². The van der Waals surface area contributed by atoms with Crippen molar-refractivity contribution >= 4 is 18.0 Å². The maximum absolute atomic E-state index is 12.7. The molecule has 2 aliphatic carbocycles. The van der Waals surface area contributed by atoms with E-state index in [4.69, 9.17) is 14.2 Å². The van der Waals surface area contributed by atoms with E-state index < -0.39 is 0 Å². The smallest absolute Gasteiger partial charge is 0.254 e. The van der Waals surface area contributed by atoms with E-state index in [9.17, 15) is 9.59 Å². The van der Waals surface area contributed by atoms with Gasteiger partial charge in [-0.1, -0.05) is 18.2 Å². The summed E-state index contributed by atoms with van der Waals surface area (Å²) in [5.74, 6) is 1.75. The number of hydrogen-bond donors (Lipinski definition) is 0. The van der Waals surface area contributed by atoms with E-state index in [1.165, 1.54) is 0 Å². The van der Waals surface area contributed by atoms with Gasteiger partial charge in [-0.15, -0.1) is 0 Å². The van der Waals surface area contributed by atoms with Gasteiger partial charge in [0.25, 0.3) is 11.8 Å². The Labute approximate surface area is 178 Å². The second kappa shape index (κ2) is 6.97. The van der Waals surface area contributed by atoms with Crippen LogP contribution in [0.15, 0.2) is 59.7 Å². The van der Waals surface area contributed by atoms with Crippen molar-refractivity contribution in [1.29, 1.82) is 0 Å². The lowest BCUT2D eigenvalue weighted by Crippen LogP contribution is -2.28. The minimum atomic E-state index is -0.230. The lowest BCUT2D eigenvalue weighted by atomic mass is 9.85. The van der Waals surface area contributed by atoms with Crippen LogP contribution in [-0.4, -0.2) is 29.8 Å². The monoisotopic (exact) mass is 416 g/mol. The summed E-state index contributed by atoms with van der Waals surface area (Å²) in [6, 6.07) is 13.1. The van der Waals surface area contributed by atoms with Crippen LogP contribution in [0, 0.1) is 23.7 Å². The molecule has 2 aliphatic heterocycles. The molecule has 7 nitrogen and oxygen atoms in total. The van der Waals surface area contributed by atoms with Crippen molar-refractivity contribution in [3.63, 3.8) is 0 Å². The molecule has 2 heterocycles. The van der Waals surface area contributed by atoms with Crippen LogP contribution in [0.1, 0.15) is 17.5 Å². The van der Waals surface area contributed by atoms with E-state index in [-0.39, 0.29) is 42.3 Å². The van der Waals surface area contributed by atoms with Gasteiger partial charge in [0.2, 0.25) is 6.79 Å². The first-order valence-electron chi connectivity index (χ1n) is 10.4. The van der Waals surface area contributed by atoms with E-state index in [1.807, 2.05) is 42.5 Å². The average Bonchev–Trinajstić information content (AvgIpc) is 3.56. The minimum Gasteiger partial charge on any atom is -0.489 e. The van der Waals surface area contributed by atoms with Gasteiger partial charge in [-0.3, -0.25) is 9.59 Å². The molecule has 2 amide bonds. The van der Waals surface area contributed by atoms with Gasteiger partial charge < -0.3 is 14.2 Å². The van der Waals surface area contributed by atoms with Crippen molar-refractivity contribution < 1.29 is 23.8 Å². The third kappa shape index (κ3) is 3.00. The highest BCUT2D eigenvalue weighted by molar-refractivity contribution is 6.06. The normalized spacial score (nSPS) is 27.5. The second-order valence-corrected chi connectivity index (χ2v) is 8.28. The molecular weight excluding hydrogens is 396 g/mol. The number of rotatable bonds is 5. The van der Waals surface area contributed by atoms with Gasteiger partial charge in [0.15, 0.2) is 11.5 Å². The zero-order valence-corrected chi connectivity index (χ0v) is 16.6. The highest BCUT2D eigenvalue weighted by atomic mass is 16.7. The summed E-state index contributed by atoms with van der Waals surface area (Å²) in [6.45, 7) is 0.649. The Hall–Kier alpha value is -3.61.